The molecular formula is C32H39N5O8. The number of ether oxygens (including phenoxy) is 3. The smallest absolute Gasteiger partial charge is 0.408 e. The Kier molecular flexibility index (Phi) is 9.87. The van der Waals surface area contributed by atoms with Crippen LogP contribution in [0.2, 0.25) is 0 Å². The van der Waals surface area contributed by atoms with E-state index in [9.17, 15) is 19.2 Å². The largest absolute Gasteiger partial charge is 0.454 e. The summed E-state index contributed by atoms with van der Waals surface area (Å²) in [5, 5.41) is 6.54. The normalized spacial score (nSPS) is 20.0. The second kappa shape index (κ2) is 14.0. The number of benzene rings is 2. The third-order valence-electron chi connectivity index (χ3n) is 7.91. The average Bonchev–Trinajstić information content (AvgIpc) is 3.81. The van der Waals surface area contributed by atoms with Crippen molar-refractivity contribution in [2.75, 3.05) is 13.3 Å². The number of nitrogens with zero attached hydrogens (tertiary/aromatic N) is 3. The van der Waals surface area contributed by atoms with Crippen LogP contribution in [0.3, 0.4) is 0 Å². The van der Waals surface area contributed by atoms with Gasteiger partial charge in [0.15, 0.2) is 11.5 Å². The standard InChI is InChI=1S/C32H39N5O8/c1-19(2)26(35-32(41)42-16-21-9-6-5-7-10-21)30(39)36-14-8-11-23(36)28(38)34-27(20(3)4)31(40)37-17-33-29(45-37)22-12-13-24-25(15-22)44-18-43-24/h5-7,9-10,12-13,15,17,19-20,23,26-27,29H,8,11,14,16,18H2,1-4H3,(H,34,38)(H,35,41)/t23-,26-,27?,29?/m0/s1. The van der Waals surface area contributed by atoms with Crippen molar-refractivity contribution in [1.29, 1.82) is 0 Å². The molecule has 2 aromatic carbocycles. The van der Waals surface area contributed by atoms with Gasteiger partial charge in [-0.2, -0.15) is 5.06 Å². The van der Waals surface area contributed by atoms with E-state index in [0.717, 1.165) is 10.6 Å². The molecular weight excluding hydrogens is 582 g/mol. The van der Waals surface area contributed by atoms with Crippen LogP contribution in [-0.2, 0) is 30.6 Å². The minimum Gasteiger partial charge on any atom is -0.454 e. The van der Waals surface area contributed by atoms with Gasteiger partial charge in [0.25, 0.3) is 5.91 Å². The number of hydrogen-bond donors (Lipinski definition) is 2. The average molecular weight is 622 g/mol. The number of carbonyl (C=O) groups excluding carboxylic acids is 4. The molecule has 2 unspecified atom stereocenters. The van der Waals surface area contributed by atoms with Crippen LogP contribution in [0.15, 0.2) is 53.5 Å². The van der Waals surface area contributed by atoms with Gasteiger partial charge in [0, 0.05) is 12.1 Å². The molecule has 4 atom stereocenters. The predicted octanol–water partition coefficient (Wildman–Crippen LogP) is 3.30. The summed E-state index contributed by atoms with van der Waals surface area (Å²) in [6, 6.07) is 11.9. The first kappa shape index (κ1) is 31.8. The topological polar surface area (TPSA) is 148 Å². The van der Waals surface area contributed by atoms with E-state index in [1.807, 2.05) is 58.0 Å². The van der Waals surface area contributed by atoms with Crippen molar-refractivity contribution in [3.05, 3.63) is 59.7 Å². The van der Waals surface area contributed by atoms with Gasteiger partial charge in [-0.05, 0) is 42.4 Å². The summed E-state index contributed by atoms with van der Waals surface area (Å²) in [5.41, 5.74) is 1.49. The van der Waals surface area contributed by atoms with Crippen LogP contribution in [0.5, 0.6) is 11.5 Å². The molecule has 0 aliphatic carbocycles. The maximum Gasteiger partial charge on any atom is 0.408 e. The van der Waals surface area contributed by atoms with E-state index in [1.54, 1.807) is 18.2 Å². The molecule has 13 heteroatoms. The lowest BCUT2D eigenvalue weighted by molar-refractivity contribution is -0.172. The van der Waals surface area contributed by atoms with E-state index in [2.05, 4.69) is 15.6 Å². The summed E-state index contributed by atoms with van der Waals surface area (Å²) in [4.78, 5) is 64.9. The summed E-state index contributed by atoms with van der Waals surface area (Å²) in [7, 11) is 0. The van der Waals surface area contributed by atoms with Gasteiger partial charge in [0.05, 0.1) is 0 Å². The lowest BCUT2D eigenvalue weighted by atomic mass is 10.0. The molecule has 0 aromatic heterocycles. The van der Waals surface area contributed by atoms with Crippen molar-refractivity contribution in [2.45, 2.75) is 71.5 Å². The molecule has 13 nitrogen and oxygen atoms in total. The van der Waals surface area contributed by atoms with E-state index in [1.165, 1.54) is 11.2 Å². The number of alkyl carbamates (subject to hydrolysis) is 1. The highest BCUT2D eigenvalue weighted by molar-refractivity contribution is 5.96. The first-order valence-corrected chi connectivity index (χ1v) is 15.1. The number of amides is 4. The fourth-order valence-electron chi connectivity index (χ4n) is 5.39. The van der Waals surface area contributed by atoms with Gasteiger partial charge in [-0.3, -0.25) is 14.4 Å². The highest BCUT2D eigenvalue weighted by Crippen LogP contribution is 2.36. The number of likely N-dealkylation sites (tertiary alicyclic amines) is 1. The van der Waals surface area contributed by atoms with Gasteiger partial charge in [-0.1, -0.05) is 64.1 Å². The molecule has 240 valence electrons. The first-order chi connectivity index (χ1) is 21.6. The summed E-state index contributed by atoms with van der Waals surface area (Å²) in [6.07, 6.45) is 0.832. The summed E-state index contributed by atoms with van der Waals surface area (Å²) < 4.78 is 16.1. The van der Waals surface area contributed by atoms with E-state index in [4.69, 9.17) is 19.0 Å². The van der Waals surface area contributed by atoms with Crippen molar-refractivity contribution in [1.82, 2.24) is 20.6 Å². The Morgan fingerprint density at radius 1 is 0.933 bits per heavy atom. The number of hydroxylamine groups is 2. The fraction of sp³-hybridized carbons (Fsp3) is 0.469. The molecule has 4 amide bonds. The van der Waals surface area contributed by atoms with E-state index in [-0.39, 0.29) is 31.1 Å². The van der Waals surface area contributed by atoms with Gasteiger partial charge < -0.3 is 29.7 Å². The van der Waals surface area contributed by atoms with E-state index >= 15 is 0 Å². The zero-order valence-corrected chi connectivity index (χ0v) is 25.8. The van der Waals surface area contributed by atoms with Gasteiger partial charge >= 0.3 is 6.09 Å². The highest BCUT2D eigenvalue weighted by atomic mass is 16.7. The molecule has 3 aliphatic rings. The minimum absolute atomic E-state index is 0.0634. The molecule has 0 spiro atoms. The van der Waals surface area contributed by atoms with Crippen LogP contribution in [-0.4, -0.2) is 71.6 Å². The third kappa shape index (κ3) is 7.36. The monoisotopic (exact) mass is 621 g/mol. The van der Waals surface area contributed by atoms with E-state index < -0.39 is 42.3 Å². The predicted molar refractivity (Wildman–Crippen MR) is 162 cm³/mol. The Balaban J connectivity index is 1.19. The number of carbonyl (C=O) groups is 4. The molecule has 0 bridgehead atoms. The Bertz CT molecular complexity index is 1430. The lowest BCUT2D eigenvalue weighted by Crippen LogP contribution is -2.58. The summed E-state index contributed by atoms with van der Waals surface area (Å²) in [6.45, 7) is 7.79. The van der Waals surface area contributed by atoms with Crippen molar-refractivity contribution >= 4 is 30.2 Å². The molecule has 3 aliphatic heterocycles. The molecule has 2 aromatic rings. The van der Waals surface area contributed by atoms with Crippen LogP contribution in [0.1, 0.15) is 57.9 Å². The molecule has 0 radical (unpaired) electrons. The molecule has 45 heavy (non-hydrogen) atoms. The van der Waals surface area contributed by atoms with Crippen LogP contribution in [0.4, 0.5) is 4.79 Å². The fourth-order valence-corrected chi connectivity index (χ4v) is 5.39. The SMILES string of the molecule is CC(C)C(NC(=O)[C@@H]1CCCN1C(=O)[C@@H](NC(=O)OCc1ccccc1)C(C)C)C(=O)N1C=NC(c2ccc3c(c2)OCO3)O1. The number of rotatable bonds is 10. The number of fused-ring (bicyclic) bond motifs is 1. The van der Waals surface area contributed by atoms with E-state index in [0.29, 0.717) is 36.4 Å². The number of aliphatic imine (C=N–C) groups is 1. The molecule has 1 saturated heterocycles. The number of hydrogen-bond acceptors (Lipinski definition) is 9. The summed E-state index contributed by atoms with van der Waals surface area (Å²) in [5.74, 6) is -0.700. The van der Waals surface area contributed by atoms with Crippen LogP contribution in [0, 0.1) is 11.8 Å². The molecule has 0 saturated carbocycles. The van der Waals surface area contributed by atoms with Gasteiger partial charge in [0.1, 0.15) is 31.1 Å². The Labute approximate surface area is 261 Å². The maximum absolute atomic E-state index is 13.7. The van der Waals surface area contributed by atoms with Gasteiger partial charge in [-0.15, -0.1) is 0 Å². The quantitative estimate of drug-likeness (QED) is 0.411. The second-order valence-electron chi connectivity index (χ2n) is 11.8. The molecule has 5 rings (SSSR count). The Morgan fingerprint density at radius 3 is 2.38 bits per heavy atom. The first-order valence-electron chi connectivity index (χ1n) is 15.1. The van der Waals surface area contributed by atoms with Crippen molar-refractivity contribution in [2.24, 2.45) is 16.8 Å². The van der Waals surface area contributed by atoms with Gasteiger partial charge in [0.2, 0.25) is 24.8 Å². The van der Waals surface area contributed by atoms with Crippen molar-refractivity contribution in [3.8, 4) is 11.5 Å². The summed E-state index contributed by atoms with van der Waals surface area (Å²) >= 11 is 0. The van der Waals surface area contributed by atoms with Crippen LogP contribution >= 0.6 is 0 Å². The highest BCUT2D eigenvalue weighted by Gasteiger charge is 2.41. The van der Waals surface area contributed by atoms with Crippen LogP contribution < -0.4 is 20.1 Å². The molecule has 3 heterocycles. The minimum atomic E-state index is -0.941. The van der Waals surface area contributed by atoms with Crippen molar-refractivity contribution < 1.29 is 38.2 Å². The zero-order chi connectivity index (χ0) is 32.1. The van der Waals surface area contributed by atoms with Gasteiger partial charge in [-0.25, -0.2) is 14.6 Å². The lowest BCUT2D eigenvalue weighted by Gasteiger charge is -2.32. The Morgan fingerprint density at radius 2 is 1.64 bits per heavy atom. The zero-order valence-electron chi connectivity index (χ0n) is 25.8. The number of nitrogens with one attached hydrogen (secondary N) is 2. The molecule has 1 fully saturated rings. The second-order valence-corrected chi connectivity index (χ2v) is 11.8. The molecule has 2 N–H and O–H groups in total. The Hall–Kier alpha value is -4.65. The van der Waals surface area contributed by atoms with Crippen LogP contribution in [0.25, 0.3) is 0 Å². The maximum atomic E-state index is 13.7. The van der Waals surface area contributed by atoms with Crippen molar-refractivity contribution in [3.63, 3.8) is 0 Å². The third-order valence-corrected chi connectivity index (χ3v) is 7.91.